The van der Waals surface area contributed by atoms with Crippen LogP contribution in [0, 0.1) is 0 Å². The SMILES string of the molecule is COc1cc(OC)c(CCNCc2ccccc2OC)c(OC)c1. The number of para-hydroxylation sites is 1. The van der Waals surface area contributed by atoms with Gasteiger partial charge in [0.2, 0.25) is 0 Å². The average molecular weight is 331 g/mol. The molecule has 0 amide bonds. The van der Waals surface area contributed by atoms with E-state index in [4.69, 9.17) is 18.9 Å². The number of hydrogen-bond acceptors (Lipinski definition) is 5. The molecule has 0 aliphatic carbocycles. The largest absolute Gasteiger partial charge is 0.496 e. The van der Waals surface area contributed by atoms with Crippen molar-refractivity contribution in [2.45, 2.75) is 13.0 Å². The third-order valence-electron chi connectivity index (χ3n) is 3.88. The zero-order valence-electron chi connectivity index (χ0n) is 14.7. The standard InChI is InChI=1S/C19H25NO4/c1-21-15-11-18(23-3)16(19(12-15)24-4)9-10-20-13-14-7-5-6-8-17(14)22-2/h5-8,11-12,20H,9-10,13H2,1-4H3. The molecule has 5 nitrogen and oxygen atoms in total. The zero-order chi connectivity index (χ0) is 17.4. The van der Waals surface area contributed by atoms with E-state index in [1.54, 1.807) is 28.4 Å². The quantitative estimate of drug-likeness (QED) is 0.716. The second-order valence-electron chi connectivity index (χ2n) is 5.25. The Morgan fingerprint density at radius 1 is 0.792 bits per heavy atom. The number of nitrogens with one attached hydrogen (secondary N) is 1. The predicted octanol–water partition coefficient (Wildman–Crippen LogP) is 3.05. The summed E-state index contributed by atoms with van der Waals surface area (Å²) in [7, 11) is 6.62. The Morgan fingerprint density at radius 2 is 1.42 bits per heavy atom. The fourth-order valence-electron chi connectivity index (χ4n) is 2.61. The first kappa shape index (κ1) is 17.9. The van der Waals surface area contributed by atoms with Crippen molar-refractivity contribution in [3.05, 3.63) is 47.5 Å². The molecule has 5 heteroatoms. The molecule has 2 aromatic carbocycles. The fourth-order valence-corrected chi connectivity index (χ4v) is 2.61. The molecule has 0 saturated carbocycles. The van der Waals surface area contributed by atoms with Crippen LogP contribution in [0.4, 0.5) is 0 Å². The molecule has 0 aliphatic heterocycles. The Hall–Kier alpha value is -2.40. The van der Waals surface area contributed by atoms with Crippen LogP contribution in [0.5, 0.6) is 23.0 Å². The maximum atomic E-state index is 5.47. The van der Waals surface area contributed by atoms with E-state index < -0.39 is 0 Å². The Kier molecular flexibility index (Phi) is 6.75. The number of hydrogen-bond donors (Lipinski definition) is 1. The molecule has 0 aromatic heterocycles. The highest BCUT2D eigenvalue weighted by Gasteiger charge is 2.13. The summed E-state index contributed by atoms with van der Waals surface area (Å²) in [5.41, 5.74) is 2.15. The van der Waals surface area contributed by atoms with E-state index in [2.05, 4.69) is 11.4 Å². The molecule has 0 aliphatic rings. The third-order valence-corrected chi connectivity index (χ3v) is 3.88. The monoisotopic (exact) mass is 331 g/mol. The van der Waals surface area contributed by atoms with Gasteiger partial charge in [-0.15, -0.1) is 0 Å². The van der Waals surface area contributed by atoms with Crippen LogP contribution in [-0.2, 0) is 13.0 Å². The van der Waals surface area contributed by atoms with Crippen LogP contribution < -0.4 is 24.3 Å². The van der Waals surface area contributed by atoms with Crippen molar-refractivity contribution in [3.63, 3.8) is 0 Å². The number of methoxy groups -OCH3 is 4. The molecule has 0 saturated heterocycles. The van der Waals surface area contributed by atoms with Crippen molar-refractivity contribution < 1.29 is 18.9 Å². The summed E-state index contributed by atoms with van der Waals surface area (Å²) in [5.74, 6) is 3.15. The van der Waals surface area contributed by atoms with Crippen LogP contribution in [0.25, 0.3) is 0 Å². The Labute approximate surface area is 143 Å². The van der Waals surface area contributed by atoms with Crippen molar-refractivity contribution in [1.82, 2.24) is 5.32 Å². The lowest BCUT2D eigenvalue weighted by Crippen LogP contribution is -2.17. The second kappa shape index (κ2) is 9.03. The third kappa shape index (κ3) is 4.32. The molecule has 1 N–H and O–H groups in total. The highest BCUT2D eigenvalue weighted by molar-refractivity contribution is 5.50. The minimum atomic E-state index is 0.717. The van der Waals surface area contributed by atoms with E-state index in [0.717, 1.165) is 53.6 Å². The van der Waals surface area contributed by atoms with Crippen LogP contribution in [0.1, 0.15) is 11.1 Å². The van der Waals surface area contributed by atoms with Crippen LogP contribution in [0.2, 0.25) is 0 Å². The summed E-state index contributed by atoms with van der Waals surface area (Å²) in [5, 5.41) is 3.43. The normalized spacial score (nSPS) is 10.3. The van der Waals surface area contributed by atoms with Gasteiger partial charge in [-0.25, -0.2) is 0 Å². The van der Waals surface area contributed by atoms with Gasteiger partial charge in [0, 0.05) is 29.8 Å². The van der Waals surface area contributed by atoms with Crippen molar-refractivity contribution in [2.75, 3.05) is 35.0 Å². The molecule has 2 rings (SSSR count). The topological polar surface area (TPSA) is 49.0 Å². The van der Waals surface area contributed by atoms with Gasteiger partial charge in [0.05, 0.1) is 28.4 Å². The van der Waals surface area contributed by atoms with Crippen LogP contribution >= 0.6 is 0 Å². The van der Waals surface area contributed by atoms with E-state index in [9.17, 15) is 0 Å². The maximum Gasteiger partial charge on any atom is 0.129 e. The molecule has 0 unspecified atom stereocenters. The molecule has 0 fully saturated rings. The molecule has 130 valence electrons. The Morgan fingerprint density at radius 3 is 2.00 bits per heavy atom. The molecule has 0 atom stereocenters. The van der Waals surface area contributed by atoms with Gasteiger partial charge in [0.15, 0.2) is 0 Å². The van der Waals surface area contributed by atoms with Gasteiger partial charge in [-0.3, -0.25) is 0 Å². The van der Waals surface area contributed by atoms with Gasteiger partial charge in [-0.1, -0.05) is 18.2 Å². The van der Waals surface area contributed by atoms with Gasteiger partial charge in [0.25, 0.3) is 0 Å². The summed E-state index contributed by atoms with van der Waals surface area (Å²) in [6.45, 7) is 1.53. The van der Waals surface area contributed by atoms with E-state index >= 15 is 0 Å². The molecular formula is C19H25NO4. The second-order valence-corrected chi connectivity index (χ2v) is 5.25. The molecular weight excluding hydrogens is 306 g/mol. The van der Waals surface area contributed by atoms with Gasteiger partial charge in [0.1, 0.15) is 23.0 Å². The summed E-state index contributed by atoms with van der Waals surface area (Å²) in [6, 6.07) is 11.7. The molecule has 0 spiro atoms. The van der Waals surface area contributed by atoms with E-state index in [-0.39, 0.29) is 0 Å². The smallest absolute Gasteiger partial charge is 0.129 e. The summed E-state index contributed by atoms with van der Waals surface area (Å²) in [6.07, 6.45) is 0.783. The lowest BCUT2D eigenvalue weighted by molar-refractivity contribution is 0.368. The highest BCUT2D eigenvalue weighted by Crippen LogP contribution is 2.34. The minimum absolute atomic E-state index is 0.717. The number of ether oxygens (including phenoxy) is 4. The van der Waals surface area contributed by atoms with Gasteiger partial charge in [-0.05, 0) is 19.0 Å². The first-order valence-corrected chi connectivity index (χ1v) is 7.85. The fraction of sp³-hybridized carbons (Fsp3) is 0.368. The lowest BCUT2D eigenvalue weighted by Gasteiger charge is -2.15. The van der Waals surface area contributed by atoms with Crippen LogP contribution in [0.15, 0.2) is 36.4 Å². The molecule has 0 bridgehead atoms. The molecule has 0 heterocycles. The maximum absolute atomic E-state index is 5.47. The number of rotatable bonds is 9. The van der Waals surface area contributed by atoms with E-state index in [0.29, 0.717) is 0 Å². The summed E-state index contributed by atoms with van der Waals surface area (Å²) < 4.78 is 21.6. The lowest BCUT2D eigenvalue weighted by atomic mass is 10.1. The summed E-state index contributed by atoms with van der Waals surface area (Å²) >= 11 is 0. The van der Waals surface area contributed by atoms with Crippen molar-refractivity contribution in [1.29, 1.82) is 0 Å². The van der Waals surface area contributed by atoms with Crippen molar-refractivity contribution in [3.8, 4) is 23.0 Å². The molecule has 24 heavy (non-hydrogen) atoms. The van der Waals surface area contributed by atoms with Crippen LogP contribution in [0.3, 0.4) is 0 Å². The minimum Gasteiger partial charge on any atom is -0.496 e. The highest BCUT2D eigenvalue weighted by atomic mass is 16.5. The van der Waals surface area contributed by atoms with Gasteiger partial charge < -0.3 is 24.3 Å². The first-order valence-electron chi connectivity index (χ1n) is 7.85. The van der Waals surface area contributed by atoms with Crippen molar-refractivity contribution in [2.24, 2.45) is 0 Å². The first-order chi connectivity index (χ1) is 11.7. The van der Waals surface area contributed by atoms with Crippen molar-refractivity contribution >= 4 is 0 Å². The van der Waals surface area contributed by atoms with Gasteiger partial charge >= 0.3 is 0 Å². The Balaban J connectivity index is 2.01. The Bertz CT molecular complexity index is 633. The van der Waals surface area contributed by atoms with Gasteiger partial charge in [-0.2, -0.15) is 0 Å². The molecule has 2 aromatic rings. The predicted molar refractivity (Wildman–Crippen MR) is 94.5 cm³/mol. The van der Waals surface area contributed by atoms with E-state index in [1.807, 2.05) is 30.3 Å². The average Bonchev–Trinajstić information content (AvgIpc) is 2.64. The number of benzene rings is 2. The summed E-state index contributed by atoms with van der Waals surface area (Å²) in [4.78, 5) is 0. The zero-order valence-corrected chi connectivity index (χ0v) is 14.7. The van der Waals surface area contributed by atoms with Crippen LogP contribution in [-0.4, -0.2) is 35.0 Å². The van der Waals surface area contributed by atoms with E-state index in [1.165, 1.54) is 0 Å². The molecule has 0 radical (unpaired) electrons.